The molecule has 1 heterocycles. The van der Waals surface area contributed by atoms with Gasteiger partial charge in [0.05, 0.1) is 13.0 Å². The van der Waals surface area contributed by atoms with E-state index in [-0.39, 0.29) is 5.91 Å². The first-order chi connectivity index (χ1) is 13.7. The van der Waals surface area contributed by atoms with Crippen LogP contribution in [-0.4, -0.2) is 54.5 Å². The van der Waals surface area contributed by atoms with Gasteiger partial charge in [-0.1, -0.05) is 42.5 Å². The van der Waals surface area contributed by atoms with E-state index in [0.29, 0.717) is 25.1 Å². The zero-order valence-electron chi connectivity index (χ0n) is 16.7. The predicted octanol–water partition coefficient (Wildman–Crippen LogP) is 3.55. The van der Waals surface area contributed by atoms with Crippen molar-refractivity contribution >= 4 is 5.91 Å². The molecule has 0 radical (unpaired) electrons. The lowest BCUT2D eigenvalue weighted by atomic mass is 10.0. The van der Waals surface area contributed by atoms with Gasteiger partial charge in [0.2, 0.25) is 5.91 Å². The molecule has 1 atom stereocenters. The van der Waals surface area contributed by atoms with Crippen LogP contribution in [0.2, 0.25) is 0 Å². The highest BCUT2D eigenvalue weighted by atomic mass is 16.5. The lowest BCUT2D eigenvalue weighted by Gasteiger charge is -2.40. The second-order valence-electron chi connectivity index (χ2n) is 8.04. The van der Waals surface area contributed by atoms with Gasteiger partial charge in [-0.2, -0.15) is 0 Å². The van der Waals surface area contributed by atoms with Gasteiger partial charge in [0.1, 0.15) is 5.75 Å². The fourth-order valence-electron chi connectivity index (χ4n) is 4.58. The minimum Gasteiger partial charge on any atom is -0.493 e. The third kappa shape index (κ3) is 4.39. The summed E-state index contributed by atoms with van der Waals surface area (Å²) in [7, 11) is 1.96. The monoisotopic (exact) mass is 378 g/mol. The number of carbonyl (C=O) groups is 1. The number of likely N-dealkylation sites (N-methyl/N-ethyl adjacent to an activating group) is 1. The number of ether oxygens (including phenoxy) is 1. The van der Waals surface area contributed by atoms with E-state index in [0.717, 1.165) is 44.5 Å². The third-order valence-electron chi connectivity index (χ3n) is 6.24. The van der Waals surface area contributed by atoms with Crippen molar-refractivity contribution < 1.29 is 9.53 Å². The Morgan fingerprint density at radius 3 is 2.46 bits per heavy atom. The lowest BCUT2D eigenvalue weighted by Crippen LogP contribution is -2.51. The molecule has 0 aromatic heterocycles. The van der Waals surface area contributed by atoms with Crippen molar-refractivity contribution in [3.05, 3.63) is 65.7 Å². The molecule has 4 heteroatoms. The van der Waals surface area contributed by atoms with Crippen molar-refractivity contribution in [2.24, 2.45) is 0 Å². The highest BCUT2D eigenvalue weighted by Crippen LogP contribution is 2.28. The summed E-state index contributed by atoms with van der Waals surface area (Å²) in [6.07, 6.45) is 4.97. The highest BCUT2D eigenvalue weighted by molar-refractivity contribution is 5.76. The number of rotatable bonds is 6. The van der Waals surface area contributed by atoms with Gasteiger partial charge in [-0.05, 0) is 55.5 Å². The first kappa shape index (κ1) is 19.0. The predicted molar refractivity (Wildman–Crippen MR) is 112 cm³/mol. The molecule has 1 amide bonds. The van der Waals surface area contributed by atoms with Gasteiger partial charge in [-0.25, -0.2) is 0 Å². The maximum atomic E-state index is 12.7. The van der Waals surface area contributed by atoms with E-state index in [1.165, 1.54) is 11.1 Å². The van der Waals surface area contributed by atoms with Gasteiger partial charge in [0.25, 0.3) is 0 Å². The Kier molecular flexibility index (Phi) is 5.96. The number of hydrogen-bond acceptors (Lipinski definition) is 3. The molecule has 1 fully saturated rings. The number of carbonyl (C=O) groups excluding carboxylic acids is 1. The normalized spacial score (nSPS) is 20.0. The maximum Gasteiger partial charge on any atom is 0.226 e. The summed E-state index contributed by atoms with van der Waals surface area (Å²) in [5.41, 5.74) is 2.99. The summed E-state index contributed by atoms with van der Waals surface area (Å²) >= 11 is 0. The number of nitrogens with zero attached hydrogens (tertiary/aromatic N) is 2. The van der Waals surface area contributed by atoms with Gasteiger partial charge >= 0.3 is 0 Å². The quantitative estimate of drug-likeness (QED) is 0.771. The van der Waals surface area contributed by atoms with Gasteiger partial charge in [0, 0.05) is 25.7 Å². The van der Waals surface area contributed by atoms with Crippen molar-refractivity contribution in [1.29, 1.82) is 0 Å². The van der Waals surface area contributed by atoms with E-state index in [9.17, 15) is 4.79 Å². The summed E-state index contributed by atoms with van der Waals surface area (Å²) in [6.45, 7) is 2.57. The van der Waals surface area contributed by atoms with Crippen molar-refractivity contribution in [2.75, 3.05) is 26.7 Å². The Bertz CT molecular complexity index is 767. The summed E-state index contributed by atoms with van der Waals surface area (Å²) in [5.74, 6) is 1.00. The molecule has 0 bridgehead atoms. The van der Waals surface area contributed by atoms with Crippen LogP contribution in [0.1, 0.15) is 30.4 Å². The van der Waals surface area contributed by atoms with Crippen LogP contribution in [0.5, 0.6) is 5.75 Å². The Balaban J connectivity index is 1.27. The maximum absolute atomic E-state index is 12.7. The number of hydrogen-bond donors (Lipinski definition) is 0. The molecule has 148 valence electrons. The molecule has 0 unspecified atom stereocenters. The van der Waals surface area contributed by atoms with Crippen molar-refractivity contribution in [2.45, 2.75) is 44.2 Å². The molecule has 0 spiro atoms. The van der Waals surface area contributed by atoms with Crippen LogP contribution < -0.4 is 4.74 Å². The number of fused-ring (bicyclic) bond motifs is 1. The van der Waals surface area contributed by atoms with Crippen molar-refractivity contribution in [3.63, 3.8) is 0 Å². The van der Waals surface area contributed by atoms with Gasteiger partial charge in [-0.15, -0.1) is 0 Å². The second kappa shape index (κ2) is 8.78. The molecular weight excluding hydrogens is 348 g/mol. The molecule has 4 rings (SSSR count). The Hall–Kier alpha value is -2.33. The average Bonchev–Trinajstić information content (AvgIpc) is 3.18. The molecule has 1 aliphatic carbocycles. The van der Waals surface area contributed by atoms with E-state index >= 15 is 0 Å². The van der Waals surface area contributed by atoms with E-state index in [2.05, 4.69) is 29.2 Å². The molecule has 0 saturated carbocycles. The van der Waals surface area contributed by atoms with Crippen LogP contribution in [0, 0.1) is 0 Å². The van der Waals surface area contributed by atoms with E-state index in [1.807, 2.05) is 42.3 Å². The Labute approximate surface area is 168 Å². The highest BCUT2D eigenvalue weighted by Gasteiger charge is 2.32. The topological polar surface area (TPSA) is 32.8 Å². The summed E-state index contributed by atoms with van der Waals surface area (Å²) in [5, 5.41) is 0. The average molecular weight is 379 g/mol. The molecule has 2 aliphatic rings. The van der Waals surface area contributed by atoms with Gasteiger partial charge < -0.3 is 9.64 Å². The standard InChI is InChI=1S/C24H30N2O2/c1-25(24(27)13-15-28-23-11-3-2-4-12-23)21-10-7-14-26(18-21)22-16-19-8-5-6-9-20(19)17-22/h2-6,8-9,11-12,21-22H,7,10,13-18H2,1H3/t21-/m1/s1. The fraction of sp³-hybridized carbons (Fsp3) is 0.458. The largest absolute Gasteiger partial charge is 0.493 e. The van der Waals surface area contributed by atoms with Crippen LogP contribution in [0.3, 0.4) is 0 Å². The minimum atomic E-state index is 0.178. The SMILES string of the molecule is CN(C(=O)CCOc1ccccc1)[C@@H]1CCCN(C2Cc3ccccc3C2)C1. The molecule has 2 aromatic rings. The molecule has 2 aromatic carbocycles. The number of likely N-dealkylation sites (tertiary alicyclic amines) is 1. The molecule has 1 saturated heterocycles. The zero-order valence-corrected chi connectivity index (χ0v) is 16.7. The third-order valence-corrected chi connectivity index (χ3v) is 6.24. The van der Waals surface area contributed by atoms with Gasteiger partial charge in [0.15, 0.2) is 0 Å². The van der Waals surface area contributed by atoms with Crippen LogP contribution in [0.25, 0.3) is 0 Å². The second-order valence-corrected chi connectivity index (χ2v) is 8.04. The number of piperidine rings is 1. The number of amides is 1. The zero-order chi connectivity index (χ0) is 19.3. The molecule has 4 nitrogen and oxygen atoms in total. The smallest absolute Gasteiger partial charge is 0.226 e. The van der Waals surface area contributed by atoms with Crippen molar-refractivity contribution in [3.8, 4) is 5.75 Å². The number of benzene rings is 2. The Morgan fingerprint density at radius 1 is 1.07 bits per heavy atom. The van der Waals surface area contributed by atoms with Crippen LogP contribution in [0.15, 0.2) is 54.6 Å². The van der Waals surface area contributed by atoms with Gasteiger partial charge in [-0.3, -0.25) is 9.69 Å². The summed E-state index contributed by atoms with van der Waals surface area (Å²) in [6, 6.07) is 19.4. The molecule has 28 heavy (non-hydrogen) atoms. The van der Waals surface area contributed by atoms with Crippen LogP contribution in [-0.2, 0) is 17.6 Å². The van der Waals surface area contributed by atoms with E-state index in [1.54, 1.807) is 0 Å². The minimum absolute atomic E-state index is 0.178. The number of para-hydroxylation sites is 1. The summed E-state index contributed by atoms with van der Waals surface area (Å²) in [4.78, 5) is 17.2. The molecule has 1 aliphatic heterocycles. The van der Waals surface area contributed by atoms with Crippen molar-refractivity contribution in [1.82, 2.24) is 9.80 Å². The van der Waals surface area contributed by atoms with Crippen LogP contribution in [0.4, 0.5) is 0 Å². The summed E-state index contributed by atoms with van der Waals surface area (Å²) < 4.78 is 5.69. The van der Waals surface area contributed by atoms with Crippen LogP contribution >= 0.6 is 0 Å². The lowest BCUT2D eigenvalue weighted by molar-refractivity contribution is -0.133. The first-order valence-corrected chi connectivity index (χ1v) is 10.4. The molecule has 0 N–H and O–H groups in total. The van der Waals surface area contributed by atoms with E-state index < -0.39 is 0 Å². The Morgan fingerprint density at radius 2 is 1.75 bits per heavy atom. The fourth-order valence-corrected chi connectivity index (χ4v) is 4.58. The first-order valence-electron chi connectivity index (χ1n) is 10.4. The van der Waals surface area contributed by atoms with E-state index in [4.69, 9.17) is 4.74 Å². The molecular formula is C24H30N2O2.